The van der Waals surface area contributed by atoms with Gasteiger partial charge in [0.1, 0.15) is 11.6 Å². The third kappa shape index (κ3) is 6.10. The van der Waals surface area contributed by atoms with Gasteiger partial charge in [0.05, 0.1) is 10.7 Å². The molecule has 0 unspecified atom stereocenters. The minimum absolute atomic E-state index is 0.0284. The van der Waals surface area contributed by atoms with Crippen molar-refractivity contribution >= 4 is 23.4 Å². The van der Waals surface area contributed by atoms with Crippen molar-refractivity contribution in [2.24, 2.45) is 0 Å². The first kappa shape index (κ1) is 20.4. The normalized spacial score (nSPS) is 10.4. The van der Waals surface area contributed by atoms with Gasteiger partial charge in [-0.1, -0.05) is 23.3 Å². The summed E-state index contributed by atoms with van der Waals surface area (Å²) in [7, 11) is 1.60. The molecular formula is C18H19ClFN3O4. The molecule has 2 amide bonds. The standard InChI is InChI=1S/C18H19ClFN3O4/c1-11(6-7-23(3)18(25)16-8-12(2)22-27-16)21-17(24)10-26-13-4-5-14(19)15(20)9-13/h4-5,8-9H,1,6-7,10H2,2-3H3,(H,21,24). The van der Waals surface area contributed by atoms with Crippen LogP contribution in [-0.2, 0) is 4.79 Å². The predicted molar refractivity (Wildman–Crippen MR) is 97.0 cm³/mol. The van der Waals surface area contributed by atoms with Crippen molar-refractivity contribution in [2.45, 2.75) is 13.3 Å². The van der Waals surface area contributed by atoms with Crippen LogP contribution in [0.5, 0.6) is 5.75 Å². The zero-order chi connectivity index (χ0) is 20.0. The van der Waals surface area contributed by atoms with Crippen molar-refractivity contribution in [3.8, 4) is 5.75 Å². The van der Waals surface area contributed by atoms with E-state index in [0.29, 0.717) is 24.4 Å². The van der Waals surface area contributed by atoms with Gasteiger partial charge in [-0.25, -0.2) is 4.39 Å². The third-order valence-electron chi connectivity index (χ3n) is 3.51. The van der Waals surface area contributed by atoms with Crippen LogP contribution in [0, 0.1) is 12.7 Å². The second-order valence-electron chi connectivity index (χ2n) is 5.83. The van der Waals surface area contributed by atoms with Crippen molar-refractivity contribution < 1.29 is 23.2 Å². The molecule has 2 aromatic rings. The molecule has 1 N–H and O–H groups in total. The third-order valence-corrected chi connectivity index (χ3v) is 3.82. The molecule has 144 valence electrons. The molecule has 0 atom stereocenters. The van der Waals surface area contributed by atoms with E-state index in [2.05, 4.69) is 17.1 Å². The minimum atomic E-state index is -0.631. The number of nitrogens with zero attached hydrogens (tertiary/aromatic N) is 2. The van der Waals surface area contributed by atoms with Crippen LogP contribution in [0.4, 0.5) is 4.39 Å². The van der Waals surface area contributed by atoms with E-state index in [-0.39, 0.29) is 29.0 Å². The van der Waals surface area contributed by atoms with Crippen LogP contribution in [-0.4, -0.2) is 42.1 Å². The Morgan fingerprint density at radius 3 is 2.78 bits per heavy atom. The van der Waals surface area contributed by atoms with Gasteiger partial charge in [0.15, 0.2) is 6.61 Å². The molecule has 0 aliphatic heterocycles. The lowest BCUT2D eigenvalue weighted by atomic mass is 10.3. The molecule has 0 aliphatic carbocycles. The smallest absolute Gasteiger partial charge is 0.292 e. The van der Waals surface area contributed by atoms with Crippen LogP contribution in [0.3, 0.4) is 0 Å². The zero-order valence-electron chi connectivity index (χ0n) is 14.9. The SMILES string of the molecule is C=C(CCN(C)C(=O)c1cc(C)no1)NC(=O)COc1ccc(Cl)c(F)c1. The molecule has 0 saturated carbocycles. The average molecular weight is 396 g/mol. The van der Waals surface area contributed by atoms with E-state index in [9.17, 15) is 14.0 Å². The second kappa shape index (κ2) is 9.18. The van der Waals surface area contributed by atoms with Gasteiger partial charge in [0.2, 0.25) is 5.76 Å². The van der Waals surface area contributed by atoms with E-state index in [1.807, 2.05) is 0 Å². The number of amides is 2. The quantitative estimate of drug-likeness (QED) is 0.742. The van der Waals surface area contributed by atoms with Crippen LogP contribution in [0.2, 0.25) is 5.02 Å². The van der Waals surface area contributed by atoms with Gasteiger partial charge in [-0.2, -0.15) is 0 Å². The molecule has 0 aliphatic rings. The highest BCUT2D eigenvalue weighted by Crippen LogP contribution is 2.20. The summed E-state index contributed by atoms with van der Waals surface area (Å²) in [5, 5.41) is 6.20. The maximum Gasteiger partial charge on any atom is 0.292 e. The summed E-state index contributed by atoms with van der Waals surface area (Å²) in [6.07, 6.45) is 0.344. The van der Waals surface area contributed by atoms with Crippen LogP contribution in [0.15, 0.2) is 41.1 Å². The molecule has 0 spiro atoms. The van der Waals surface area contributed by atoms with Gasteiger partial charge in [-0.3, -0.25) is 9.59 Å². The van der Waals surface area contributed by atoms with E-state index >= 15 is 0 Å². The maximum atomic E-state index is 13.3. The topological polar surface area (TPSA) is 84.7 Å². The molecule has 1 aromatic heterocycles. The summed E-state index contributed by atoms with van der Waals surface area (Å²) in [6, 6.07) is 5.44. The van der Waals surface area contributed by atoms with E-state index in [1.54, 1.807) is 20.0 Å². The first-order valence-electron chi connectivity index (χ1n) is 8.00. The van der Waals surface area contributed by atoms with E-state index in [1.165, 1.54) is 17.0 Å². The van der Waals surface area contributed by atoms with Crippen molar-refractivity contribution in [1.82, 2.24) is 15.4 Å². The molecular weight excluding hydrogens is 377 g/mol. The van der Waals surface area contributed by atoms with Gasteiger partial charge in [0, 0.05) is 37.8 Å². The Morgan fingerprint density at radius 2 is 2.15 bits per heavy atom. The maximum absolute atomic E-state index is 13.3. The first-order chi connectivity index (χ1) is 12.8. The molecule has 0 radical (unpaired) electrons. The zero-order valence-corrected chi connectivity index (χ0v) is 15.7. The van der Waals surface area contributed by atoms with Gasteiger partial charge in [-0.05, 0) is 19.1 Å². The number of benzene rings is 1. The fraction of sp³-hybridized carbons (Fsp3) is 0.278. The van der Waals surface area contributed by atoms with Gasteiger partial charge < -0.3 is 19.5 Å². The summed E-state index contributed by atoms with van der Waals surface area (Å²) in [5.74, 6) is -1.06. The lowest BCUT2D eigenvalue weighted by Crippen LogP contribution is -2.32. The second-order valence-corrected chi connectivity index (χ2v) is 6.23. The molecule has 27 heavy (non-hydrogen) atoms. The number of rotatable bonds is 8. The molecule has 1 aromatic carbocycles. The molecule has 2 rings (SSSR count). The fourth-order valence-corrected chi connectivity index (χ4v) is 2.19. The predicted octanol–water partition coefficient (Wildman–Crippen LogP) is 2.95. The summed E-state index contributed by atoms with van der Waals surface area (Å²) < 4.78 is 23.4. The van der Waals surface area contributed by atoms with Crippen molar-refractivity contribution in [2.75, 3.05) is 20.2 Å². The van der Waals surface area contributed by atoms with Gasteiger partial charge in [0.25, 0.3) is 11.8 Å². The Bertz CT molecular complexity index is 853. The molecule has 9 heteroatoms. The Kier molecular flexibility index (Phi) is 6.95. The highest BCUT2D eigenvalue weighted by Gasteiger charge is 2.17. The molecule has 7 nitrogen and oxygen atoms in total. The summed E-state index contributed by atoms with van der Waals surface area (Å²) in [5.41, 5.74) is 1.03. The summed E-state index contributed by atoms with van der Waals surface area (Å²) >= 11 is 5.58. The van der Waals surface area contributed by atoms with Crippen molar-refractivity contribution in [1.29, 1.82) is 0 Å². The van der Waals surface area contributed by atoms with Gasteiger partial charge in [-0.15, -0.1) is 0 Å². The fourth-order valence-electron chi connectivity index (χ4n) is 2.07. The molecule has 0 saturated heterocycles. The Hall–Kier alpha value is -2.87. The monoisotopic (exact) mass is 395 g/mol. The Labute approximate surface area is 160 Å². The van der Waals surface area contributed by atoms with Crippen LogP contribution < -0.4 is 10.1 Å². The highest BCUT2D eigenvalue weighted by atomic mass is 35.5. The van der Waals surface area contributed by atoms with E-state index in [0.717, 1.165) is 6.07 Å². The molecule has 1 heterocycles. The number of carbonyl (C=O) groups is 2. The van der Waals surface area contributed by atoms with Crippen LogP contribution >= 0.6 is 11.6 Å². The number of hydrogen-bond acceptors (Lipinski definition) is 5. The lowest BCUT2D eigenvalue weighted by molar-refractivity contribution is -0.122. The molecule has 0 fully saturated rings. The largest absolute Gasteiger partial charge is 0.484 e. The Morgan fingerprint density at radius 1 is 1.41 bits per heavy atom. The van der Waals surface area contributed by atoms with Crippen LogP contribution in [0.1, 0.15) is 22.7 Å². The lowest BCUT2D eigenvalue weighted by Gasteiger charge is -2.16. The summed E-state index contributed by atoms with van der Waals surface area (Å²) in [4.78, 5) is 25.4. The van der Waals surface area contributed by atoms with E-state index in [4.69, 9.17) is 20.9 Å². The average Bonchev–Trinajstić information content (AvgIpc) is 3.06. The van der Waals surface area contributed by atoms with Gasteiger partial charge >= 0.3 is 0 Å². The van der Waals surface area contributed by atoms with Crippen LogP contribution in [0.25, 0.3) is 0 Å². The van der Waals surface area contributed by atoms with E-state index < -0.39 is 11.7 Å². The Balaban J connectivity index is 1.73. The number of halogens is 2. The first-order valence-corrected chi connectivity index (χ1v) is 8.38. The minimum Gasteiger partial charge on any atom is -0.484 e. The highest BCUT2D eigenvalue weighted by molar-refractivity contribution is 6.30. The van der Waals surface area contributed by atoms with Crippen molar-refractivity contribution in [3.05, 3.63) is 58.8 Å². The number of aromatic nitrogens is 1. The number of nitrogens with one attached hydrogen (secondary N) is 1. The summed E-state index contributed by atoms with van der Waals surface area (Å²) in [6.45, 7) is 5.47. The number of aryl methyl sites for hydroxylation is 1. The molecule has 0 bridgehead atoms. The van der Waals surface area contributed by atoms with Crippen molar-refractivity contribution in [3.63, 3.8) is 0 Å². The number of ether oxygens (including phenoxy) is 1. The number of carbonyl (C=O) groups excluding carboxylic acids is 2. The number of hydrogen-bond donors (Lipinski definition) is 1.